The third-order valence-corrected chi connectivity index (χ3v) is 3.05. The quantitative estimate of drug-likeness (QED) is 0.922. The van der Waals surface area contributed by atoms with Crippen LogP contribution in [0.25, 0.3) is 0 Å². The van der Waals surface area contributed by atoms with Crippen molar-refractivity contribution in [3.8, 4) is 0 Å². The van der Waals surface area contributed by atoms with Crippen LogP contribution in [0.2, 0.25) is 0 Å². The molecule has 0 saturated carbocycles. The molecule has 2 rings (SSSR count). The standard InChI is InChI=1S/C15H18N4O/c1-3-19(10-12-6-4-5-11(2)18-12)15(20)13-7-8-17-9-14(13)16/h4-9H,3,10,16H2,1-2H3. The van der Waals surface area contributed by atoms with Gasteiger partial charge in [-0.1, -0.05) is 6.07 Å². The monoisotopic (exact) mass is 270 g/mol. The minimum absolute atomic E-state index is 0.101. The molecule has 0 bridgehead atoms. The molecule has 20 heavy (non-hydrogen) atoms. The van der Waals surface area contributed by atoms with Crippen LogP contribution in [0.3, 0.4) is 0 Å². The van der Waals surface area contributed by atoms with Gasteiger partial charge in [0, 0.05) is 18.4 Å². The Morgan fingerprint density at radius 1 is 1.35 bits per heavy atom. The number of carbonyl (C=O) groups is 1. The molecule has 5 nitrogen and oxygen atoms in total. The van der Waals surface area contributed by atoms with Gasteiger partial charge in [0.25, 0.3) is 5.91 Å². The third kappa shape index (κ3) is 3.12. The molecule has 0 aliphatic rings. The summed E-state index contributed by atoms with van der Waals surface area (Å²) in [5.41, 5.74) is 8.49. The number of nitrogens with two attached hydrogens (primary N) is 1. The molecule has 0 atom stereocenters. The van der Waals surface area contributed by atoms with Crippen molar-refractivity contribution in [3.05, 3.63) is 53.6 Å². The smallest absolute Gasteiger partial charge is 0.256 e. The number of hydrogen-bond donors (Lipinski definition) is 1. The van der Waals surface area contributed by atoms with Crippen molar-refractivity contribution in [2.24, 2.45) is 0 Å². The maximum Gasteiger partial charge on any atom is 0.256 e. The predicted octanol–water partition coefficient (Wildman–Crippen LogP) is 2.03. The average molecular weight is 270 g/mol. The molecule has 0 aromatic carbocycles. The number of nitrogens with zero attached hydrogens (tertiary/aromatic N) is 3. The lowest BCUT2D eigenvalue weighted by molar-refractivity contribution is 0.0751. The number of pyridine rings is 2. The summed E-state index contributed by atoms with van der Waals surface area (Å²) >= 11 is 0. The summed E-state index contributed by atoms with van der Waals surface area (Å²) in [5.74, 6) is -0.101. The Hall–Kier alpha value is -2.43. The van der Waals surface area contributed by atoms with Gasteiger partial charge < -0.3 is 10.6 Å². The molecule has 0 fully saturated rings. The Balaban J connectivity index is 2.20. The van der Waals surface area contributed by atoms with Crippen LogP contribution >= 0.6 is 0 Å². The molecule has 2 aromatic heterocycles. The van der Waals surface area contributed by atoms with Gasteiger partial charge in [-0.25, -0.2) is 0 Å². The molecule has 104 valence electrons. The minimum atomic E-state index is -0.101. The zero-order valence-corrected chi connectivity index (χ0v) is 11.7. The molecule has 0 saturated heterocycles. The van der Waals surface area contributed by atoms with Crippen molar-refractivity contribution in [3.63, 3.8) is 0 Å². The third-order valence-electron chi connectivity index (χ3n) is 3.05. The van der Waals surface area contributed by atoms with Crippen molar-refractivity contribution in [2.45, 2.75) is 20.4 Å². The lowest BCUT2D eigenvalue weighted by Gasteiger charge is -2.21. The van der Waals surface area contributed by atoms with Crippen LogP contribution in [0.5, 0.6) is 0 Å². The van der Waals surface area contributed by atoms with Crippen molar-refractivity contribution >= 4 is 11.6 Å². The largest absolute Gasteiger partial charge is 0.397 e. The Kier molecular flexibility index (Phi) is 4.30. The number of carbonyl (C=O) groups excluding carboxylic acids is 1. The zero-order chi connectivity index (χ0) is 14.5. The van der Waals surface area contributed by atoms with E-state index >= 15 is 0 Å². The highest BCUT2D eigenvalue weighted by molar-refractivity contribution is 5.98. The molecular formula is C15H18N4O. The lowest BCUT2D eigenvalue weighted by Crippen LogP contribution is -2.31. The highest BCUT2D eigenvalue weighted by Crippen LogP contribution is 2.14. The fourth-order valence-corrected chi connectivity index (χ4v) is 1.98. The van der Waals surface area contributed by atoms with Gasteiger partial charge in [0.05, 0.1) is 29.7 Å². The predicted molar refractivity (Wildman–Crippen MR) is 78.0 cm³/mol. The lowest BCUT2D eigenvalue weighted by atomic mass is 10.2. The maximum atomic E-state index is 12.5. The number of anilines is 1. The molecule has 0 unspecified atom stereocenters. The normalized spacial score (nSPS) is 10.3. The Morgan fingerprint density at radius 3 is 2.80 bits per heavy atom. The second-order valence-corrected chi connectivity index (χ2v) is 4.55. The number of hydrogen-bond acceptors (Lipinski definition) is 4. The number of nitrogen functional groups attached to an aromatic ring is 1. The average Bonchev–Trinajstić information content (AvgIpc) is 2.44. The van der Waals surface area contributed by atoms with Gasteiger partial charge in [-0.05, 0) is 32.0 Å². The molecule has 0 aliphatic carbocycles. The van der Waals surface area contributed by atoms with Crippen molar-refractivity contribution < 1.29 is 4.79 Å². The molecule has 0 radical (unpaired) electrons. The molecule has 0 spiro atoms. The SMILES string of the molecule is CCN(Cc1cccc(C)n1)C(=O)c1ccncc1N. The van der Waals surface area contributed by atoms with E-state index in [0.717, 1.165) is 11.4 Å². The Morgan fingerprint density at radius 2 is 2.15 bits per heavy atom. The van der Waals surface area contributed by atoms with E-state index in [1.165, 1.54) is 6.20 Å². The number of aromatic nitrogens is 2. The van der Waals surface area contributed by atoms with Crippen LogP contribution in [0, 0.1) is 6.92 Å². The summed E-state index contributed by atoms with van der Waals surface area (Å²) in [5, 5.41) is 0. The first-order valence-corrected chi connectivity index (χ1v) is 6.53. The fraction of sp³-hybridized carbons (Fsp3) is 0.267. The van der Waals surface area contributed by atoms with Crippen LogP contribution in [0.4, 0.5) is 5.69 Å². The first kappa shape index (κ1) is 14.0. The highest BCUT2D eigenvalue weighted by atomic mass is 16.2. The second-order valence-electron chi connectivity index (χ2n) is 4.55. The zero-order valence-electron chi connectivity index (χ0n) is 11.7. The van der Waals surface area contributed by atoms with E-state index in [2.05, 4.69) is 9.97 Å². The van der Waals surface area contributed by atoms with Crippen LogP contribution < -0.4 is 5.73 Å². The highest BCUT2D eigenvalue weighted by Gasteiger charge is 2.17. The summed E-state index contributed by atoms with van der Waals surface area (Å²) in [4.78, 5) is 22.5. The van der Waals surface area contributed by atoms with Crippen molar-refractivity contribution in [2.75, 3.05) is 12.3 Å². The van der Waals surface area contributed by atoms with E-state index in [1.54, 1.807) is 17.2 Å². The van der Waals surface area contributed by atoms with Gasteiger partial charge in [-0.15, -0.1) is 0 Å². The van der Waals surface area contributed by atoms with E-state index in [-0.39, 0.29) is 5.91 Å². The summed E-state index contributed by atoms with van der Waals surface area (Å²) in [6.07, 6.45) is 3.06. The van der Waals surface area contributed by atoms with Crippen LogP contribution in [0.15, 0.2) is 36.7 Å². The number of rotatable bonds is 4. The molecule has 5 heteroatoms. The van der Waals surface area contributed by atoms with E-state index < -0.39 is 0 Å². The molecule has 1 amide bonds. The van der Waals surface area contributed by atoms with Gasteiger partial charge in [0.15, 0.2) is 0 Å². The summed E-state index contributed by atoms with van der Waals surface area (Å²) in [7, 11) is 0. The van der Waals surface area contributed by atoms with E-state index in [4.69, 9.17) is 5.73 Å². The fourth-order valence-electron chi connectivity index (χ4n) is 1.98. The topological polar surface area (TPSA) is 72.1 Å². The first-order valence-electron chi connectivity index (χ1n) is 6.53. The Bertz CT molecular complexity index is 612. The van der Waals surface area contributed by atoms with Crippen molar-refractivity contribution in [1.82, 2.24) is 14.9 Å². The number of aryl methyl sites for hydroxylation is 1. The van der Waals surface area contributed by atoms with Crippen LogP contribution in [-0.2, 0) is 6.54 Å². The van der Waals surface area contributed by atoms with Crippen molar-refractivity contribution in [1.29, 1.82) is 0 Å². The van der Waals surface area contributed by atoms with Gasteiger partial charge in [0.2, 0.25) is 0 Å². The summed E-state index contributed by atoms with van der Waals surface area (Å²) in [6, 6.07) is 7.43. The summed E-state index contributed by atoms with van der Waals surface area (Å²) in [6.45, 7) is 4.93. The first-order chi connectivity index (χ1) is 9.61. The van der Waals surface area contributed by atoms with E-state index in [9.17, 15) is 4.79 Å². The molecule has 2 N–H and O–H groups in total. The second kappa shape index (κ2) is 6.14. The Labute approximate surface area is 118 Å². The van der Waals surface area contributed by atoms with Gasteiger partial charge in [0.1, 0.15) is 0 Å². The maximum absolute atomic E-state index is 12.5. The van der Waals surface area contributed by atoms with Crippen LogP contribution in [-0.4, -0.2) is 27.3 Å². The van der Waals surface area contributed by atoms with E-state index in [0.29, 0.717) is 24.3 Å². The van der Waals surface area contributed by atoms with Gasteiger partial charge in [-0.2, -0.15) is 0 Å². The van der Waals surface area contributed by atoms with Crippen LogP contribution in [0.1, 0.15) is 28.7 Å². The van der Waals surface area contributed by atoms with E-state index in [1.807, 2.05) is 32.0 Å². The molecular weight excluding hydrogens is 252 g/mol. The van der Waals surface area contributed by atoms with Gasteiger partial charge >= 0.3 is 0 Å². The van der Waals surface area contributed by atoms with Gasteiger partial charge in [-0.3, -0.25) is 14.8 Å². The number of amides is 1. The summed E-state index contributed by atoms with van der Waals surface area (Å²) < 4.78 is 0. The molecule has 2 heterocycles. The molecule has 2 aromatic rings. The molecule has 0 aliphatic heterocycles. The minimum Gasteiger partial charge on any atom is -0.397 e.